The molecule has 0 saturated carbocycles. The fraction of sp³-hybridized carbons (Fsp3) is 0.250. The summed E-state index contributed by atoms with van der Waals surface area (Å²) in [6.45, 7) is 1.17. The lowest BCUT2D eigenvalue weighted by atomic mass is 10.2. The molecule has 0 aliphatic carbocycles. The molecule has 1 heterocycles. The van der Waals surface area contributed by atoms with E-state index in [1.54, 1.807) is 22.8 Å². The Morgan fingerprint density at radius 2 is 1.89 bits per heavy atom. The molecule has 0 radical (unpaired) electrons. The third-order valence-electron chi connectivity index (χ3n) is 4.29. The number of halogens is 2. The zero-order chi connectivity index (χ0) is 20.3. The van der Waals surface area contributed by atoms with Gasteiger partial charge in [0, 0.05) is 29.9 Å². The summed E-state index contributed by atoms with van der Waals surface area (Å²) in [6.07, 6.45) is 2.64. The van der Waals surface area contributed by atoms with Crippen molar-refractivity contribution in [2.45, 2.75) is 24.8 Å². The quantitative estimate of drug-likeness (QED) is 0.583. The van der Waals surface area contributed by atoms with Crippen LogP contribution in [0.4, 0.5) is 4.39 Å². The van der Waals surface area contributed by atoms with Crippen molar-refractivity contribution >= 4 is 21.4 Å². The van der Waals surface area contributed by atoms with E-state index in [2.05, 4.69) is 4.98 Å². The van der Waals surface area contributed by atoms with Crippen LogP contribution in [0, 0.1) is 5.82 Å². The first-order chi connectivity index (χ1) is 13.2. The zero-order valence-corrected chi connectivity index (χ0v) is 17.2. The van der Waals surface area contributed by atoms with Gasteiger partial charge < -0.3 is 4.57 Å². The predicted molar refractivity (Wildman–Crippen MR) is 107 cm³/mol. The Bertz CT molecular complexity index is 1080. The van der Waals surface area contributed by atoms with Crippen LogP contribution in [0.5, 0.6) is 0 Å². The SMILES string of the molecule is CN(Cc1cccc(Cl)c1)Cc1cnc(S(C)(=O)=O)n1Cc1ccccc1F. The number of hydrogen-bond acceptors (Lipinski definition) is 4. The number of hydrogen-bond donors (Lipinski definition) is 0. The Labute approximate surface area is 169 Å². The normalized spacial score (nSPS) is 11.9. The van der Waals surface area contributed by atoms with Crippen molar-refractivity contribution in [2.75, 3.05) is 13.3 Å². The van der Waals surface area contributed by atoms with Gasteiger partial charge in [-0.05, 0) is 30.8 Å². The first-order valence-electron chi connectivity index (χ1n) is 8.65. The standard InChI is InChI=1S/C20H21ClFN3O2S/c1-24(12-15-6-5-8-17(21)10-15)14-18-11-23-20(28(2,26)27)25(18)13-16-7-3-4-9-19(16)22/h3-11H,12-14H2,1-2H3. The summed E-state index contributed by atoms with van der Waals surface area (Å²) in [7, 11) is -1.63. The van der Waals surface area contributed by atoms with E-state index in [1.807, 2.05) is 36.2 Å². The molecule has 1 aromatic heterocycles. The molecule has 148 valence electrons. The van der Waals surface area contributed by atoms with Gasteiger partial charge in [-0.15, -0.1) is 0 Å². The van der Waals surface area contributed by atoms with Crippen LogP contribution in [0.2, 0.25) is 5.02 Å². The van der Waals surface area contributed by atoms with Crippen LogP contribution in [-0.4, -0.2) is 36.2 Å². The summed E-state index contributed by atoms with van der Waals surface area (Å²) in [5.41, 5.74) is 2.14. The van der Waals surface area contributed by atoms with E-state index in [0.29, 0.717) is 29.4 Å². The van der Waals surface area contributed by atoms with Crippen molar-refractivity contribution in [2.24, 2.45) is 0 Å². The molecule has 3 aromatic rings. The lowest BCUT2D eigenvalue weighted by Crippen LogP contribution is -2.21. The van der Waals surface area contributed by atoms with E-state index in [-0.39, 0.29) is 17.5 Å². The molecule has 0 spiro atoms. The van der Waals surface area contributed by atoms with Gasteiger partial charge in [0.2, 0.25) is 15.0 Å². The Morgan fingerprint density at radius 1 is 1.14 bits per heavy atom. The van der Waals surface area contributed by atoms with Crippen LogP contribution in [0.3, 0.4) is 0 Å². The van der Waals surface area contributed by atoms with Crippen LogP contribution in [-0.2, 0) is 29.5 Å². The highest BCUT2D eigenvalue weighted by atomic mass is 35.5. The Kier molecular flexibility index (Phi) is 6.17. The molecule has 0 amide bonds. The molecule has 0 bridgehead atoms. The first-order valence-corrected chi connectivity index (χ1v) is 10.9. The number of aromatic nitrogens is 2. The lowest BCUT2D eigenvalue weighted by Gasteiger charge is -2.19. The lowest BCUT2D eigenvalue weighted by molar-refractivity contribution is 0.309. The van der Waals surface area contributed by atoms with E-state index >= 15 is 0 Å². The molecule has 0 aliphatic rings. The van der Waals surface area contributed by atoms with Gasteiger partial charge in [-0.25, -0.2) is 17.8 Å². The van der Waals surface area contributed by atoms with Gasteiger partial charge in [-0.3, -0.25) is 4.90 Å². The van der Waals surface area contributed by atoms with Crippen molar-refractivity contribution in [1.82, 2.24) is 14.5 Å². The van der Waals surface area contributed by atoms with Crippen molar-refractivity contribution in [1.29, 1.82) is 0 Å². The van der Waals surface area contributed by atoms with Gasteiger partial charge in [0.15, 0.2) is 0 Å². The molecule has 0 aliphatic heterocycles. The van der Waals surface area contributed by atoms with Crippen molar-refractivity contribution < 1.29 is 12.8 Å². The number of imidazole rings is 1. The van der Waals surface area contributed by atoms with Crippen molar-refractivity contribution in [3.63, 3.8) is 0 Å². The van der Waals surface area contributed by atoms with Gasteiger partial charge in [-0.1, -0.05) is 41.9 Å². The molecule has 0 N–H and O–H groups in total. The van der Waals surface area contributed by atoms with Crippen LogP contribution in [0.15, 0.2) is 59.9 Å². The van der Waals surface area contributed by atoms with Gasteiger partial charge in [0.05, 0.1) is 18.4 Å². The van der Waals surface area contributed by atoms with Gasteiger partial charge in [0.1, 0.15) is 5.82 Å². The molecule has 8 heteroatoms. The minimum absolute atomic E-state index is 0.0677. The third-order valence-corrected chi connectivity index (χ3v) is 5.52. The second-order valence-corrected chi connectivity index (χ2v) is 9.13. The Morgan fingerprint density at radius 3 is 2.57 bits per heavy atom. The Hall–Kier alpha value is -2.22. The molecule has 5 nitrogen and oxygen atoms in total. The second kappa shape index (κ2) is 8.43. The van der Waals surface area contributed by atoms with Crippen molar-refractivity contribution in [3.8, 4) is 0 Å². The van der Waals surface area contributed by atoms with E-state index < -0.39 is 9.84 Å². The van der Waals surface area contributed by atoms with Gasteiger partial charge >= 0.3 is 0 Å². The van der Waals surface area contributed by atoms with Crippen LogP contribution >= 0.6 is 11.6 Å². The van der Waals surface area contributed by atoms with E-state index in [1.165, 1.54) is 12.3 Å². The number of nitrogens with zero attached hydrogens (tertiary/aromatic N) is 3. The van der Waals surface area contributed by atoms with Crippen LogP contribution in [0.25, 0.3) is 0 Å². The smallest absolute Gasteiger partial charge is 0.227 e. The highest BCUT2D eigenvalue weighted by Crippen LogP contribution is 2.19. The number of sulfone groups is 1. The largest absolute Gasteiger partial charge is 0.313 e. The van der Waals surface area contributed by atoms with Gasteiger partial charge in [-0.2, -0.15) is 0 Å². The van der Waals surface area contributed by atoms with E-state index in [4.69, 9.17) is 11.6 Å². The van der Waals surface area contributed by atoms with Gasteiger partial charge in [0.25, 0.3) is 0 Å². The number of benzene rings is 2. The maximum atomic E-state index is 14.1. The average Bonchev–Trinajstić information content (AvgIpc) is 2.99. The molecule has 3 rings (SSSR count). The summed E-state index contributed by atoms with van der Waals surface area (Å²) < 4.78 is 40.0. The van der Waals surface area contributed by atoms with Crippen molar-refractivity contribution in [3.05, 3.63) is 82.4 Å². The third kappa shape index (κ3) is 4.98. The first kappa shape index (κ1) is 20.5. The summed E-state index contributed by atoms with van der Waals surface area (Å²) in [6, 6.07) is 13.9. The molecular weight excluding hydrogens is 401 g/mol. The summed E-state index contributed by atoms with van der Waals surface area (Å²) >= 11 is 6.04. The Balaban J connectivity index is 1.88. The second-order valence-electron chi connectivity index (χ2n) is 6.78. The van der Waals surface area contributed by atoms with E-state index in [9.17, 15) is 12.8 Å². The zero-order valence-electron chi connectivity index (χ0n) is 15.6. The van der Waals surface area contributed by atoms with Crippen LogP contribution in [0.1, 0.15) is 16.8 Å². The fourth-order valence-electron chi connectivity index (χ4n) is 3.06. The highest BCUT2D eigenvalue weighted by molar-refractivity contribution is 7.90. The summed E-state index contributed by atoms with van der Waals surface area (Å²) in [5.74, 6) is -0.381. The minimum atomic E-state index is -3.55. The molecule has 0 saturated heterocycles. The topological polar surface area (TPSA) is 55.2 Å². The highest BCUT2D eigenvalue weighted by Gasteiger charge is 2.20. The molecular formula is C20H21ClFN3O2S. The predicted octanol–water partition coefficient (Wildman–Crippen LogP) is 3.76. The van der Waals surface area contributed by atoms with E-state index in [0.717, 1.165) is 11.8 Å². The summed E-state index contributed by atoms with van der Waals surface area (Å²) in [5, 5.41) is 0.594. The van der Waals surface area contributed by atoms with Crippen LogP contribution < -0.4 is 0 Å². The monoisotopic (exact) mass is 421 g/mol. The molecule has 0 fully saturated rings. The molecule has 0 atom stereocenters. The average molecular weight is 422 g/mol. The molecule has 2 aromatic carbocycles. The number of rotatable bonds is 7. The molecule has 0 unspecified atom stereocenters. The minimum Gasteiger partial charge on any atom is -0.313 e. The maximum Gasteiger partial charge on any atom is 0.227 e. The fourth-order valence-corrected chi connectivity index (χ4v) is 4.10. The maximum absolute atomic E-state index is 14.1. The summed E-state index contributed by atoms with van der Waals surface area (Å²) in [4.78, 5) is 6.11. The molecule has 28 heavy (non-hydrogen) atoms.